The summed E-state index contributed by atoms with van der Waals surface area (Å²) in [5.41, 5.74) is 9.32. The number of hydrogen-bond acceptors (Lipinski definition) is 6. The van der Waals surface area contributed by atoms with Crippen molar-refractivity contribution in [3.05, 3.63) is 35.2 Å². The topological polar surface area (TPSA) is 98.5 Å². The Morgan fingerprint density at radius 3 is 2.83 bits per heavy atom. The number of aliphatic hydroxyl groups excluding tert-OH is 1. The fourth-order valence-corrected chi connectivity index (χ4v) is 6.29. The predicted octanol–water partition coefficient (Wildman–Crippen LogP) is 3.60. The Morgan fingerprint density at radius 1 is 1.26 bits per heavy atom. The molecule has 8 nitrogen and oxygen atoms in total. The Kier molecular flexibility index (Phi) is 5.58. The van der Waals surface area contributed by atoms with Crippen LogP contribution in [0.5, 0.6) is 5.75 Å². The van der Waals surface area contributed by atoms with Gasteiger partial charge >= 0.3 is 0 Å². The number of fused-ring (bicyclic) bond motifs is 2. The average Bonchev–Trinajstić information content (AvgIpc) is 3.31. The van der Waals surface area contributed by atoms with Crippen molar-refractivity contribution >= 4 is 38.5 Å². The highest BCUT2D eigenvalue weighted by molar-refractivity contribution is 7.16. The molecule has 0 bridgehead atoms. The first-order valence-corrected chi connectivity index (χ1v) is 13.2. The van der Waals surface area contributed by atoms with Gasteiger partial charge in [-0.25, -0.2) is 4.98 Å². The maximum Gasteiger partial charge on any atom is 0.254 e. The summed E-state index contributed by atoms with van der Waals surface area (Å²) in [5, 5.41) is 13.2. The van der Waals surface area contributed by atoms with Gasteiger partial charge in [-0.2, -0.15) is 0 Å². The van der Waals surface area contributed by atoms with E-state index in [1.165, 1.54) is 23.1 Å². The number of imidazole rings is 1. The third-order valence-electron chi connectivity index (χ3n) is 7.48. The molecule has 2 fully saturated rings. The van der Waals surface area contributed by atoms with E-state index in [9.17, 15) is 9.90 Å². The lowest BCUT2D eigenvalue weighted by atomic mass is 9.98. The van der Waals surface area contributed by atoms with Crippen molar-refractivity contribution in [1.82, 2.24) is 19.0 Å². The number of ether oxygens (including phenoxy) is 1. The van der Waals surface area contributed by atoms with Gasteiger partial charge in [0, 0.05) is 37.1 Å². The van der Waals surface area contributed by atoms with Gasteiger partial charge in [0.15, 0.2) is 5.82 Å². The van der Waals surface area contributed by atoms with E-state index in [1.807, 2.05) is 13.1 Å². The number of aliphatic hydroxyl groups is 1. The first kappa shape index (κ1) is 22.6. The van der Waals surface area contributed by atoms with Crippen LogP contribution in [0, 0.1) is 5.92 Å². The molecule has 9 heteroatoms. The van der Waals surface area contributed by atoms with Gasteiger partial charge in [0.25, 0.3) is 5.91 Å². The molecule has 1 aliphatic heterocycles. The lowest BCUT2D eigenvalue weighted by Gasteiger charge is -2.37. The highest BCUT2D eigenvalue weighted by Crippen LogP contribution is 2.39. The number of methoxy groups -OCH3 is 1. The van der Waals surface area contributed by atoms with Crippen molar-refractivity contribution in [2.45, 2.75) is 44.3 Å². The number of piperidine rings is 1. The Balaban J connectivity index is 1.45. The quantitative estimate of drug-likeness (QED) is 0.428. The lowest BCUT2D eigenvalue weighted by molar-refractivity contribution is 0.0472. The molecule has 4 heterocycles. The van der Waals surface area contributed by atoms with Gasteiger partial charge < -0.3 is 29.6 Å². The maximum absolute atomic E-state index is 13.5. The monoisotopic (exact) mass is 493 g/mol. The van der Waals surface area contributed by atoms with Crippen LogP contribution >= 0.6 is 11.3 Å². The van der Waals surface area contributed by atoms with E-state index in [2.05, 4.69) is 26.6 Å². The Labute approximate surface area is 207 Å². The van der Waals surface area contributed by atoms with Crippen LogP contribution in [0.1, 0.15) is 36.0 Å². The number of amides is 1. The smallest absolute Gasteiger partial charge is 0.254 e. The molecule has 1 saturated heterocycles. The van der Waals surface area contributed by atoms with E-state index >= 15 is 0 Å². The van der Waals surface area contributed by atoms with Crippen molar-refractivity contribution in [3.8, 4) is 17.3 Å². The summed E-state index contributed by atoms with van der Waals surface area (Å²) < 4.78 is 10.2. The van der Waals surface area contributed by atoms with Gasteiger partial charge in [-0.3, -0.25) is 4.79 Å². The molecular formula is C26H31N5O3S. The van der Waals surface area contributed by atoms with Crippen LogP contribution in [-0.4, -0.2) is 62.4 Å². The van der Waals surface area contributed by atoms with Gasteiger partial charge in [-0.15, -0.1) is 11.3 Å². The molecular weight excluding hydrogens is 462 g/mol. The summed E-state index contributed by atoms with van der Waals surface area (Å²) in [6.45, 7) is 1.37. The van der Waals surface area contributed by atoms with Crippen molar-refractivity contribution in [3.63, 3.8) is 0 Å². The number of hydrogen-bond donors (Lipinski definition) is 2. The second kappa shape index (κ2) is 8.65. The van der Waals surface area contributed by atoms with Crippen LogP contribution in [0.3, 0.4) is 0 Å². The number of benzene rings is 1. The molecule has 0 radical (unpaired) electrons. The standard InChI is InChI=1S/C26H31N5O3S/c1-29-23-20(28-24(29)21-10-16-7-8-35-26(16)31(21)12-15-3-4-15)9-17(11-22(23)34-2)25(33)30-13-18(27)5-6-19(30)14-32/h7-11,15,18-19,32H,3-6,12-14,27H2,1-2H3/t18-,19?/m1/s1. The number of likely N-dealkylation sites (tertiary alicyclic amines) is 1. The molecule has 184 valence electrons. The maximum atomic E-state index is 13.5. The third-order valence-corrected chi connectivity index (χ3v) is 8.44. The lowest BCUT2D eigenvalue weighted by Crippen LogP contribution is -2.52. The van der Waals surface area contributed by atoms with Crippen molar-refractivity contribution in [1.29, 1.82) is 0 Å². The van der Waals surface area contributed by atoms with E-state index in [1.54, 1.807) is 29.4 Å². The fraction of sp³-hybridized carbons (Fsp3) is 0.462. The molecule has 1 aliphatic carbocycles. The SMILES string of the molecule is COc1cc(C(=O)N2C[C@H](N)CCC2CO)cc2nc(-c3cc4ccsc4n3CC3CC3)n(C)c12. The van der Waals surface area contributed by atoms with Crippen LogP contribution in [0.2, 0.25) is 0 Å². The number of thiophene rings is 1. The van der Waals surface area contributed by atoms with Gasteiger partial charge in [0.1, 0.15) is 16.1 Å². The molecule has 2 atom stereocenters. The van der Waals surface area contributed by atoms with Crippen molar-refractivity contribution in [2.24, 2.45) is 18.7 Å². The summed E-state index contributed by atoms with van der Waals surface area (Å²) in [7, 11) is 3.62. The molecule has 0 spiro atoms. The van der Waals surface area contributed by atoms with E-state index < -0.39 is 0 Å². The number of nitrogens with zero attached hydrogens (tertiary/aromatic N) is 4. The minimum absolute atomic E-state index is 0.0688. The highest BCUT2D eigenvalue weighted by Gasteiger charge is 2.32. The number of nitrogens with two attached hydrogens (primary N) is 1. The molecule has 6 rings (SSSR count). The minimum Gasteiger partial charge on any atom is -0.494 e. The van der Waals surface area contributed by atoms with Crippen LogP contribution in [0.15, 0.2) is 29.6 Å². The Bertz CT molecular complexity index is 1420. The first-order valence-electron chi connectivity index (χ1n) is 12.3. The second-order valence-electron chi connectivity index (χ2n) is 9.94. The minimum atomic E-state index is -0.220. The summed E-state index contributed by atoms with van der Waals surface area (Å²) in [4.78, 5) is 21.5. The average molecular weight is 494 g/mol. The van der Waals surface area contributed by atoms with Gasteiger partial charge in [-0.1, -0.05) is 0 Å². The van der Waals surface area contributed by atoms with Gasteiger partial charge in [-0.05, 0) is 61.2 Å². The van der Waals surface area contributed by atoms with Crippen LogP contribution in [0.4, 0.5) is 0 Å². The molecule has 35 heavy (non-hydrogen) atoms. The van der Waals surface area contributed by atoms with Gasteiger partial charge in [0.2, 0.25) is 0 Å². The van der Waals surface area contributed by atoms with Crippen LogP contribution in [0.25, 0.3) is 32.8 Å². The van der Waals surface area contributed by atoms with Crippen LogP contribution in [-0.2, 0) is 13.6 Å². The summed E-state index contributed by atoms with van der Waals surface area (Å²) in [5.74, 6) is 2.05. The molecule has 4 aromatic rings. The predicted molar refractivity (Wildman–Crippen MR) is 138 cm³/mol. The number of aryl methyl sites for hydroxylation is 1. The molecule has 1 amide bonds. The normalized spacial score (nSPS) is 20.7. The number of aromatic nitrogens is 3. The summed E-state index contributed by atoms with van der Waals surface area (Å²) >= 11 is 1.76. The zero-order chi connectivity index (χ0) is 24.3. The molecule has 2 aliphatic rings. The Morgan fingerprint density at radius 2 is 2.09 bits per heavy atom. The number of carbonyl (C=O) groups is 1. The number of carbonyl (C=O) groups excluding carboxylic acids is 1. The molecule has 3 aromatic heterocycles. The fourth-order valence-electron chi connectivity index (χ4n) is 5.38. The molecule has 1 saturated carbocycles. The van der Waals surface area contributed by atoms with E-state index in [4.69, 9.17) is 15.5 Å². The summed E-state index contributed by atoms with van der Waals surface area (Å²) in [6, 6.07) is 7.70. The van der Waals surface area contributed by atoms with E-state index in [-0.39, 0.29) is 24.6 Å². The largest absolute Gasteiger partial charge is 0.494 e. The van der Waals surface area contributed by atoms with E-state index in [0.29, 0.717) is 24.3 Å². The van der Waals surface area contributed by atoms with Gasteiger partial charge in [0.05, 0.1) is 31.0 Å². The Hall–Kier alpha value is -2.88. The number of rotatable bonds is 6. The van der Waals surface area contributed by atoms with Crippen LogP contribution < -0.4 is 10.5 Å². The third kappa shape index (κ3) is 3.82. The van der Waals surface area contributed by atoms with Crippen molar-refractivity contribution < 1.29 is 14.6 Å². The van der Waals surface area contributed by atoms with E-state index in [0.717, 1.165) is 41.4 Å². The molecule has 1 unspecified atom stereocenters. The zero-order valence-electron chi connectivity index (χ0n) is 20.1. The highest BCUT2D eigenvalue weighted by atomic mass is 32.1. The second-order valence-corrected chi connectivity index (χ2v) is 10.8. The molecule has 3 N–H and O–H groups in total. The zero-order valence-corrected chi connectivity index (χ0v) is 20.9. The first-order chi connectivity index (χ1) is 17.0. The van der Waals surface area contributed by atoms with Crippen molar-refractivity contribution in [2.75, 3.05) is 20.3 Å². The summed E-state index contributed by atoms with van der Waals surface area (Å²) in [6.07, 6.45) is 4.06. The molecule has 1 aromatic carbocycles.